The Morgan fingerprint density at radius 2 is 1.51 bits per heavy atom. The van der Waals surface area contributed by atoms with Gasteiger partial charge < -0.3 is 15.2 Å². The molecule has 3 atom stereocenters. The minimum absolute atomic E-state index is 0.105. The first-order valence-corrected chi connectivity index (χ1v) is 13.1. The molecule has 35 heavy (non-hydrogen) atoms. The van der Waals surface area contributed by atoms with Crippen molar-refractivity contribution in [3.8, 4) is 0 Å². The van der Waals surface area contributed by atoms with Gasteiger partial charge in [-0.05, 0) is 38.6 Å². The summed E-state index contributed by atoms with van der Waals surface area (Å²) in [6.45, 7) is 7.19. The van der Waals surface area contributed by atoms with E-state index in [9.17, 15) is 9.59 Å². The first-order chi connectivity index (χ1) is 17.1. The number of ether oxygens (including phenoxy) is 2. The van der Waals surface area contributed by atoms with Gasteiger partial charge in [0.05, 0.1) is 0 Å². The summed E-state index contributed by atoms with van der Waals surface area (Å²) in [5.41, 5.74) is 5.66. The largest absolute Gasteiger partial charge is 0.464 e. The van der Waals surface area contributed by atoms with E-state index in [0.29, 0.717) is 19.4 Å². The number of allylic oxidation sites excluding steroid dienone is 10. The standard InChI is InChI=1S/C30H47NO4/c1-4-6-7-8-9-10-11-12-13-14-15-16-20-24-30(33)35-28(21-5-2)22-18-17-19-23-29(34-26-32)27(3)25-31/h9-17,19-20,24,26-29H,4-8,18,21-23,25,31H2,1-3H3/b10-9+,12-11+,14-13+,16-15+,19-17+,24-20+. The molecular formula is C30H47NO4. The fraction of sp³-hybridized carbons (Fsp3) is 0.533. The van der Waals surface area contributed by atoms with E-state index < -0.39 is 0 Å². The Labute approximate surface area is 213 Å². The molecule has 0 rings (SSSR count). The van der Waals surface area contributed by atoms with Crippen molar-refractivity contribution in [3.63, 3.8) is 0 Å². The Balaban J connectivity index is 4.32. The molecule has 5 nitrogen and oxygen atoms in total. The van der Waals surface area contributed by atoms with E-state index in [1.54, 1.807) is 6.08 Å². The summed E-state index contributed by atoms with van der Waals surface area (Å²) in [4.78, 5) is 22.8. The normalized spacial score (nSPS) is 15.2. The Morgan fingerprint density at radius 3 is 2.14 bits per heavy atom. The average Bonchev–Trinajstić information content (AvgIpc) is 2.85. The third-order valence-electron chi connectivity index (χ3n) is 5.44. The SMILES string of the molecule is CCCCC/C=C/C=C/C=C/C=C/C=C/C(=O)OC(CCC)CC/C=C/CC(OC=O)C(C)CN. The maximum Gasteiger partial charge on any atom is 0.331 e. The van der Waals surface area contributed by atoms with Crippen LogP contribution in [0.1, 0.15) is 78.6 Å². The molecule has 0 saturated heterocycles. The van der Waals surface area contributed by atoms with Crippen molar-refractivity contribution in [2.45, 2.75) is 90.8 Å². The average molecular weight is 486 g/mol. The van der Waals surface area contributed by atoms with Gasteiger partial charge in [-0.1, -0.05) is 107 Å². The van der Waals surface area contributed by atoms with Gasteiger partial charge in [0.15, 0.2) is 0 Å². The maximum atomic E-state index is 12.1. The van der Waals surface area contributed by atoms with E-state index in [1.165, 1.54) is 25.3 Å². The molecule has 0 aromatic rings. The summed E-state index contributed by atoms with van der Waals surface area (Å²) < 4.78 is 10.7. The van der Waals surface area contributed by atoms with Gasteiger partial charge in [0.2, 0.25) is 0 Å². The van der Waals surface area contributed by atoms with E-state index in [1.807, 2.05) is 55.5 Å². The van der Waals surface area contributed by atoms with Gasteiger partial charge in [-0.15, -0.1) is 0 Å². The van der Waals surface area contributed by atoms with Gasteiger partial charge in [-0.25, -0.2) is 4.79 Å². The quantitative estimate of drug-likeness (QED) is 0.0476. The maximum absolute atomic E-state index is 12.1. The zero-order valence-corrected chi connectivity index (χ0v) is 22.0. The zero-order chi connectivity index (χ0) is 26.0. The molecule has 196 valence electrons. The fourth-order valence-corrected chi connectivity index (χ4v) is 3.27. The summed E-state index contributed by atoms with van der Waals surface area (Å²) >= 11 is 0. The van der Waals surface area contributed by atoms with Gasteiger partial charge in [0.25, 0.3) is 6.47 Å². The lowest BCUT2D eigenvalue weighted by molar-refractivity contribution is -0.143. The van der Waals surface area contributed by atoms with Crippen LogP contribution in [0.5, 0.6) is 0 Å². The third kappa shape index (κ3) is 20.4. The Kier molecular flexibility index (Phi) is 22.6. The van der Waals surface area contributed by atoms with Crippen molar-refractivity contribution in [2.75, 3.05) is 6.54 Å². The lowest BCUT2D eigenvalue weighted by Gasteiger charge is -2.19. The van der Waals surface area contributed by atoms with Gasteiger partial charge in [-0.2, -0.15) is 0 Å². The molecule has 2 N–H and O–H groups in total. The lowest BCUT2D eigenvalue weighted by atomic mass is 10.0. The van der Waals surface area contributed by atoms with Crippen LogP contribution in [0.25, 0.3) is 0 Å². The molecule has 0 spiro atoms. The van der Waals surface area contributed by atoms with Crippen LogP contribution in [0, 0.1) is 5.92 Å². The summed E-state index contributed by atoms with van der Waals surface area (Å²) in [5.74, 6) is -0.223. The van der Waals surface area contributed by atoms with Crippen LogP contribution in [0.3, 0.4) is 0 Å². The molecule has 0 aromatic heterocycles. The van der Waals surface area contributed by atoms with Crippen molar-refractivity contribution in [1.29, 1.82) is 0 Å². The Morgan fingerprint density at radius 1 is 0.829 bits per heavy atom. The van der Waals surface area contributed by atoms with Crippen molar-refractivity contribution in [2.24, 2.45) is 11.7 Å². The van der Waals surface area contributed by atoms with Crippen LogP contribution in [0.15, 0.2) is 72.9 Å². The molecule has 0 aliphatic heterocycles. The number of carbonyl (C=O) groups is 2. The molecule has 0 aromatic carbocycles. The molecule has 0 bridgehead atoms. The number of nitrogens with two attached hydrogens (primary N) is 1. The summed E-state index contributed by atoms with van der Waals surface area (Å²) in [5, 5.41) is 0. The predicted molar refractivity (Wildman–Crippen MR) is 147 cm³/mol. The number of unbranched alkanes of at least 4 members (excludes halogenated alkanes) is 3. The van der Waals surface area contributed by atoms with Crippen molar-refractivity contribution in [1.82, 2.24) is 0 Å². The number of rotatable bonds is 21. The summed E-state index contributed by atoms with van der Waals surface area (Å²) in [7, 11) is 0. The highest BCUT2D eigenvalue weighted by atomic mass is 16.5. The van der Waals surface area contributed by atoms with E-state index >= 15 is 0 Å². The second-order valence-corrected chi connectivity index (χ2v) is 8.55. The monoisotopic (exact) mass is 485 g/mol. The van der Waals surface area contributed by atoms with Crippen LogP contribution in [0.2, 0.25) is 0 Å². The molecule has 0 aliphatic carbocycles. The summed E-state index contributed by atoms with van der Waals surface area (Å²) in [6.07, 6.45) is 31.5. The van der Waals surface area contributed by atoms with Crippen LogP contribution in [-0.4, -0.2) is 31.2 Å². The number of hydrogen-bond acceptors (Lipinski definition) is 5. The lowest BCUT2D eigenvalue weighted by Crippen LogP contribution is -2.27. The highest BCUT2D eigenvalue weighted by Gasteiger charge is 2.15. The first kappa shape index (κ1) is 32.3. The zero-order valence-electron chi connectivity index (χ0n) is 22.0. The molecule has 3 unspecified atom stereocenters. The van der Waals surface area contributed by atoms with Crippen LogP contribution < -0.4 is 5.73 Å². The van der Waals surface area contributed by atoms with Crippen molar-refractivity contribution < 1.29 is 19.1 Å². The predicted octanol–water partition coefficient (Wildman–Crippen LogP) is 6.92. The molecular weight excluding hydrogens is 438 g/mol. The molecule has 0 heterocycles. The molecule has 0 aliphatic rings. The second-order valence-electron chi connectivity index (χ2n) is 8.55. The summed E-state index contributed by atoms with van der Waals surface area (Å²) in [6, 6.07) is 0. The van der Waals surface area contributed by atoms with Crippen LogP contribution in [-0.2, 0) is 19.1 Å². The molecule has 5 heteroatoms. The topological polar surface area (TPSA) is 78.6 Å². The highest BCUT2D eigenvalue weighted by molar-refractivity contribution is 5.82. The van der Waals surface area contributed by atoms with Gasteiger partial charge in [0, 0.05) is 18.4 Å². The number of hydrogen-bond donors (Lipinski definition) is 1. The van der Waals surface area contributed by atoms with Gasteiger partial charge in [-0.3, -0.25) is 4.79 Å². The van der Waals surface area contributed by atoms with E-state index in [2.05, 4.69) is 26.0 Å². The highest BCUT2D eigenvalue weighted by Crippen LogP contribution is 2.13. The molecule has 0 saturated carbocycles. The first-order valence-electron chi connectivity index (χ1n) is 13.1. The van der Waals surface area contributed by atoms with Crippen LogP contribution in [0.4, 0.5) is 0 Å². The molecule has 0 radical (unpaired) electrons. The van der Waals surface area contributed by atoms with E-state index in [4.69, 9.17) is 15.2 Å². The number of carbonyl (C=O) groups excluding carboxylic acids is 2. The smallest absolute Gasteiger partial charge is 0.331 e. The fourth-order valence-electron chi connectivity index (χ4n) is 3.27. The minimum atomic E-state index is -0.328. The van der Waals surface area contributed by atoms with Gasteiger partial charge in [0.1, 0.15) is 12.2 Å². The van der Waals surface area contributed by atoms with E-state index in [-0.39, 0.29) is 24.1 Å². The second kappa shape index (κ2) is 24.5. The molecule has 0 fully saturated rings. The third-order valence-corrected chi connectivity index (χ3v) is 5.44. The van der Waals surface area contributed by atoms with Crippen molar-refractivity contribution in [3.05, 3.63) is 72.9 Å². The van der Waals surface area contributed by atoms with Crippen molar-refractivity contribution >= 4 is 12.4 Å². The Hall–Kier alpha value is -2.66. The van der Waals surface area contributed by atoms with Gasteiger partial charge >= 0.3 is 5.97 Å². The van der Waals surface area contributed by atoms with Crippen LogP contribution >= 0.6 is 0 Å². The minimum Gasteiger partial charge on any atom is -0.464 e. The molecule has 0 amide bonds. The number of esters is 1. The van der Waals surface area contributed by atoms with E-state index in [0.717, 1.165) is 32.1 Å². The Bertz CT molecular complexity index is 703.